The van der Waals surface area contributed by atoms with Crippen molar-refractivity contribution in [2.24, 2.45) is 0 Å². The minimum absolute atomic E-state index is 0.103. The third-order valence-corrected chi connectivity index (χ3v) is 2.85. The minimum Gasteiger partial charge on any atom is -0.488 e. The number of aromatic nitrogens is 2. The number of nitrogens with one attached hydrogen (secondary N) is 1. The Morgan fingerprint density at radius 2 is 2.35 bits per heavy atom. The van der Waals surface area contributed by atoms with Gasteiger partial charge in [0.05, 0.1) is 5.56 Å². The molecule has 2 N–H and O–H groups in total. The Kier molecular flexibility index (Phi) is 1.95. The van der Waals surface area contributed by atoms with Gasteiger partial charge in [-0.3, -0.25) is 5.10 Å². The summed E-state index contributed by atoms with van der Waals surface area (Å²) in [5.74, 6) is -0.265. The second-order valence-electron chi connectivity index (χ2n) is 4.02. The van der Waals surface area contributed by atoms with Crippen molar-refractivity contribution < 1.29 is 14.6 Å². The first kappa shape index (κ1) is 9.89. The topological polar surface area (TPSA) is 75.2 Å². The SMILES string of the molecule is Cc1ccc2c(c1)OCc1c-2n[nH]c1C(=O)O. The lowest BCUT2D eigenvalue weighted by atomic mass is 10.0. The van der Waals surface area contributed by atoms with Crippen LogP contribution in [-0.4, -0.2) is 21.3 Å². The predicted octanol–water partition coefficient (Wildman–Crippen LogP) is 1.98. The summed E-state index contributed by atoms with van der Waals surface area (Å²) in [5, 5.41) is 15.6. The van der Waals surface area contributed by atoms with E-state index in [-0.39, 0.29) is 12.3 Å². The number of ether oxygens (including phenoxy) is 1. The summed E-state index contributed by atoms with van der Waals surface area (Å²) in [6, 6.07) is 5.77. The molecule has 0 spiro atoms. The average Bonchev–Trinajstić information content (AvgIpc) is 2.72. The molecule has 3 rings (SSSR count). The fraction of sp³-hybridized carbons (Fsp3) is 0.167. The van der Waals surface area contributed by atoms with Crippen LogP contribution in [0.2, 0.25) is 0 Å². The van der Waals surface area contributed by atoms with Crippen LogP contribution in [0.25, 0.3) is 11.3 Å². The maximum absolute atomic E-state index is 11.0. The highest BCUT2D eigenvalue weighted by molar-refractivity contribution is 5.90. The quantitative estimate of drug-likeness (QED) is 0.785. The molecule has 1 aromatic carbocycles. The Morgan fingerprint density at radius 1 is 1.53 bits per heavy atom. The van der Waals surface area contributed by atoms with Crippen molar-refractivity contribution in [2.75, 3.05) is 0 Å². The van der Waals surface area contributed by atoms with Gasteiger partial charge in [-0.1, -0.05) is 6.07 Å². The van der Waals surface area contributed by atoms with E-state index in [0.29, 0.717) is 11.3 Å². The highest BCUT2D eigenvalue weighted by Gasteiger charge is 2.25. The van der Waals surface area contributed by atoms with E-state index >= 15 is 0 Å². The highest BCUT2D eigenvalue weighted by atomic mass is 16.5. The molecule has 5 heteroatoms. The van der Waals surface area contributed by atoms with Crippen molar-refractivity contribution in [1.29, 1.82) is 0 Å². The largest absolute Gasteiger partial charge is 0.488 e. The van der Waals surface area contributed by atoms with E-state index in [1.807, 2.05) is 25.1 Å². The number of fused-ring (bicyclic) bond motifs is 3. The molecule has 1 aliphatic rings. The average molecular weight is 230 g/mol. The van der Waals surface area contributed by atoms with Crippen molar-refractivity contribution in [2.45, 2.75) is 13.5 Å². The first-order valence-corrected chi connectivity index (χ1v) is 5.21. The van der Waals surface area contributed by atoms with E-state index in [0.717, 1.165) is 16.9 Å². The van der Waals surface area contributed by atoms with Crippen LogP contribution in [0.15, 0.2) is 18.2 Å². The van der Waals surface area contributed by atoms with Crippen molar-refractivity contribution in [1.82, 2.24) is 10.2 Å². The smallest absolute Gasteiger partial charge is 0.354 e. The van der Waals surface area contributed by atoms with E-state index in [1.54, 1.807) is 0 Å². The van der Waals surface area contributed by atoms with E-state index in [2.05, 4.69) is 10.2 Å². The molecule has 2 aromatic rings. The molecular formula is C12H10N2O3. The Hall–Kier alpha value is -2.30. The summed E-state index contributed by atoms with van der Waals surface area (Å²) in [4.78, 5) is 11.0. The fourth-order valence-electron chi connectivity index (χ4n) is 2.00. The fourth-order valence-corrected chi connectivity index (χ4v) is 2.00. The van der Waals surface area contributed by atoms with Gasteiger partial charge in [0.2, 0.25) is 0 Å². The lowest BCUT2D eigenvalue weighted by Crippen LogP contribution is -2.09. The highest BCUT2D eigenvalue weighted by Crippen LogP contribution is 2.37. The second kappa shape index (κ2) is 3.35. The Bertz CT molecular complexity index is 616. The normalized spacial score (nSPS) is 12.5. The summed E-state index contributed by atoms with van der Waals surface area (Å²) in [6.45, 7) is 2.22. The summed E-state index contributed by atoms with van der Waals surface area (Å²) in [7, 11) is 0. The molecule has 1 aromatic heterocycles. The van der Waals surface area contributed by atoms with Gasteiger partial charge in [0.1, 0.15) is 18.1 Å². The van der Waals surface area contributed by atoms with Crippen LogP contribution >= 0.6 is 0 Å². The van der Waals surface area contributed by atoms with Gasteiger partial charge in [-0.15, -0.1) is 0 Å². The number of benzene rings is 1. The predicted molar refractivity (Wildman–Crippen MR) is 60.1 cm³/mol. The molecule has 0 unspecified atom stereocenters. The van der Waals surface area contributed by atoms with E-state index < -0.39 is 5.97 Å². The molecule has 0 radical (unpaired) electrons. The number of carboxylic acids is 1. The number of aromatic carboxylic acids is 1. The van der Waals surface area contributed by atoms with Gasteiger partial charge in [-0.25, -0.2) is 4.79 Å². The standard InChI is InChI=1S/C12H10N2O3/c1-6-2-3-7-9(4-6)17-5-8-10(7)13-14-11(8)12(15)16/h2-4H,5H2,1H3,(H,13,14)(H,15,16). The van der Waals surface area contributed by atoms with Crippen LogP contribution in [-0.2, 0) is 6.61 Å². The summed E-state index contributed by atoms with van der Waals surface area (Å²) in [6.07, 6.45) is 0. The number of carboxylic acid groups (broad SMARTS) is 1. The zero-order valence-electron chi connectivity index (χ0n) is 9.15. The van der Waals surface area contributed by atoms with Gasteiger partial charge in [0.25, 0.3) is 0 Å². The van der Waals surface area contributed by atoms with Crippen LogP contribution in [0.1, 0.15) is 21.6 Å². The van der Waals surface area contributed by atoms with E-state index in [1.165, 1.54) is 0 Å². The van der Waals surface area contributed by atoms with E-state index in [4.69, 9.17) is 9.84 Å². The van der Waals surface area contributed by atoms with Crippen LogP contribution < -0.4 is 4.74 Å². The van der Waals surface area contributed by atoms with Crippen molar-refractivity contribution in [3.63, 3.8) is 0 Å². The summed E-state index contributed by atoms with van der Waals surface area (Å²) >= 11 is 0. The number of aromatic amines is 1. The lowest BCUT2D eigenvalue weighted by molar-refractivity contribution is 0.0687. The molecule has 5 nitrogen and oxygen atoms in total. The molecule has 1 aliphatic heterocycles. The number of rotatable bonds is 1. The molecule has 0 bridgehead atoms. The number of hydrogen-bond acceptors (Lipinski definition) is 3. The van der Waals surface area contributed by atoms with Crippen molar-refractivity contribution >= 4 is 5.97 Å². The second-order valence-corrected chi connectivity index (χ2v) is 4.02. The maximum Gasteiger partial charge on any atom is 0.354 e. The van der Waals surface area contributed by atoms with Gasteiger partial charge in [-0.2, -0.15) is 5.10 Å². The molecular weight excluding hydrogens is 220 g/mol. The third-order valence-electron chi connectivity index (χ3n) is 2.85. The molecule has 86 valence electrons. The van der Waals surface area contributed by atoms with Gasteiger partial charge >= 0.3 is 5.97 Å². The zero-order valence-corrected chi connectivity index (χ0v) is 9.15. The maximum atomic E-state index is 11.0. The lowest BCUT2D eigenvalue weighted by Gasteiger charge is -2.17. The molecule has 0 saturated heterocycles. The molecule has 0 saturated carbocycles. The van der Waals surface area contributed by atoms with Crippen LogP contribution in [0.3, 0.4) is 0 Å². The van der Waals surface area contributed by atoms with Crippen LogP contribution in [0, 0.1) is 6.92 Å². The molecule has 2 heterocycles. The molecule has 0 fully saturated rings. The Labute approximate surface area is 97.0 Å². The minimum atomic E-state index is -1.02. The Morgan fingerprint density at radius 3 is 3.12 bits per heavy atom. The molecule has 0 amide bonds. The van der Waals surface area contributed by atoms with Gasteiger partial charge in [0.15, 0.2) is 5.69 Å². The first-order chi connectivity index (χ1) is 8.16. The van der Waals surface area contributed by atoms with Crippen LogP contribution in [0.4, 0.5) is 0 Å². The van der Waals surface area contributed by atoms with Gasteiger partial charge in [0, 0.05) is 5.56 Å². The van der Waals surface area contributed by atoms with Crippen molar-refractivity contribution in [3.8, 4) is 17.0 Å². The molecule has 17 heavy (non-hydrogen) atoms. The monoisotopic (exact) mass is 230 g/mol. The van der Waals surface area contributed by atoms with Crippen LogP contribution in [0.5, 0.6) is 5.75 Å². The number of H-pyrrole nitrogens is 1. The van der Waals surface area contributed by atoms with Crippen molar-refractivity contribution in [3.05, 3.63) is 35.0 Å². The van der Waals surface area contributed by atoms with Gasteiger partial charge in [-0.05, 0) is 24.6 Å². The number of aryl methyl sites for hydroxylation is 1. The number of hydrogen-bond donors (Lipinski definition) is 2. The summed E-state index contributed by atoms with van der Waals surface area (Å²) < 4.78 is 5.56. The Balaban J connectivity index is 2.21. The molecule has 0 aliphatic carbocycles. The number of nitrogens with zero attached hydrogens (tertiary/aromatic N) is 1. The van der Waals surface area contributed by atoms with Gasteiger partial charge < -0.3 is 9.84 Å². The third kappa shape index (κ3) is 1.39. The summed E-state index contributed by atoms with van der Waals surface area (Å²) in [5.41, 5.74) is 3.31. The zero-order chi connectivity index (χ0) is 12.0. The first-order valence-electron chi connectivity index (χ1n) is 5.21. The van der Waals surface area contributed by atoms with E-state index in [9.17, 15) is 4.79 Å². The number of carbonyl (C=O) groups is 1. The molecule has 0 atom stereocenters.